The van der Waals surface area contributed by atoms with Crippen LogP contribution in [0.3, 0.4) is 0 Å². The molecule has 1 aromatic carbocycles. The van der Waals surface area contributed by atoms with Crippen LogP contribution in [0.15, 0.2) is 41.4 Å². The molecular weight excluding hydrogens is 281 g/mol. The Kier molecular flexibility index (Phi) is 3.31. The van der Waals surface area contributed by atoms with Crippen LogP contribution in [0.4, 0.5) is 4.39 Å². The average molecular weight is 295 g/mol. The monoisotopic (exact) mass is 295 g/mol. The van der Waals surface area contributed by atoms with E-state index in [1.807, 2.05) is 6.07 Å². The Morgan fingerprint density at radius 1 is 1.30 bits per heavy atom. The number of sulfonamides is 1. The third kappa shape index (κ3) is 2.23. The third-order valence-electron chi connectivity index (χ3n) is 3.57. The number of benzene rings is 1. The number of H-pyrrole nitrogens is 1. The summed E-state index contributed by atoms with van der Waals surface area (Å²) < 4.78 is 39.9. The molecule has 106 valence electrons. The Bertz CT molecular complexity index is 700. The minimum absolute atomic E-state index is 0.0825. The van der Waals surface area contributed by atoms with E-state index in [-0.39, 0.29) is 10.8 Å². The van der Waals surface area contributed by atoms with Crippen LogP contribution in [0, 0.1) is 5.82 Å². The Hall–Kier alpha value is -1.73. The Morgan fingerprint density at radius 2 is 2.10 bits per heavy atom. The van der Waals surface area contributed by atoms with E-state index in [1.165, 1.54) is 22.5 Å². The zero-order chi connectivity index (χ0) is 14.2. The summed E-state index contributed by atoms with van der Waals surface area (Å²) in [7, 11) is -3.77. The van der Waals surface area contributed by atoms with Crippen LogP contribution in [0.2, 0.25) is 0 Å². The van der Waals surface area contributed by atoms with Crippen LogP contribution in [-0.4, -0.2) is 36.0 Å². The van der Waals surface area contributed by atoms with Crippen molar-refractivity contribution in [2.75, 3.05) is 13.1 Å². The molecule has 0 aliphatic carbocycles. The van der Waals surface area contributed by atoms with Gasteiger partial charge in [0.2, 0.25) is 10.0 Å². The van der Waals surface area contributed by atoms with E-state index in [9.17, 15) is 12.8 Å². The van der Waals surface area contributed by atoms with Gasteiger partial charge in [0.25, 0.3) is 0 Å². The fraction of sp³-hybridized carbons (Fsp3) is 0.308. The molecule has 1 saturated heterocycles. The van der Waals surface area contributed by atoms with Crippen molar-refractivity contribution in [3.8, 4) is 0 Å². The molecule has 0 saturated carbocycles. The molecule has 1 aliphatic heterocycles. The van der Waals surface area contributed by atoms with Gasteiger partial charge >= 0.3 is 0 Å². The highest BCUT2D eigenvalue weighted by atomic mass is 32.2. The largest absolute Gasteiger partial charge is 0.282 e. The molecule has 2 aromatic rings. The summed E-state index contributed by atoms with van der Waals surface area (Å²) in [5.41, 5.74) is 0.913. The molecule has 7 heteroatoms. The summed E-state index contributed by atoms with van der Waals surface area (Å²) in [5.74, 6) is -0.628. The van der Waals surface area contributed by atoms with Gasteiger partial charge in [-0.2, -0.15) is 9.40 Å². The summed E-state index contributed by atoms with van der Waals surface area (Å²) in [6.45, 7) is 0.735. The SMILES string of the molecule is O=S(=O)(c1ccccc1F)N1CC[C@@H](c2ccn[nH]2)C1. The van der Waals surface area contributed by atoms with Gasteiger partial charge in [-0.05, 0) is 24.6 Å². The second kappa shape index (κ2) is 4.99. The number of nitrogens with zero attached hydrogens (tertiary/aromatic N) is 2. The lowest BCUT2D eigenvalue weighted by Crippen LogP contribution is -2.29. The van der Waals surface area contributed by atoms with E-state index in [0.717, 1.165) is 11.8 Å². The van der Waals surface area contributed by atoms with Crippen molar-refractivity contribution in [3.63, 3.8) is 0 Å². The van der Waals surface area contributed by atoms with Gasteiger partial charge in [0.1, 0.15) is 10.7 Å². The average Bonchev–Trinajstić information content (AvgIpc) is 3.10. The fourth-order valence-electron chi connectivity index (χ4n) is 2.49. The zero-order valence-corrected chi connectivity index (χ0v) is 11.5. The molecule has 1 aliphatic rings. The molecule has 1 atom stereocenters. The van der Waals surface area contributed by atoms with E-state index >= 15 is 0 Å². The fourth-order valence-corrected chi connectivity index (χ4v) is 4.05. The van der Waals surface area contributed by atoms with Crippen molar-refractivity contribution in [2.45, 2.75) is 17.2 Å². The molecule has 0 amide bonds. The lowest BCUT2D eigenvalue weighted by Gasteiger charge is -2.16. The lowest BCUT2D eigenvalue weighted by atomic mass is 10.1. The quantitative estimate of drug-likeness (QED) is 0.937. The molecule has 0 bridgehead atoms. The van der Waals surface area contributed by atoms with Crippen LogP contribution in [0.5, 0.6) is 0 Å². The molecule has 1 N–H and O–H groups in total. The molecule has 3 rings (SSSR count). The normalized spacial score (nSPS) is 20.4. The van der Waals surface area contributed by atoms with Crippen LogP contribution in [0.25, 0.3) is 0 Å². The number of hydrogen-bond donors (Lipinski definition) is 1. The lowest BCUT2D eigenvalue weighted by molar-refractivity contribution is 0.465. The first-order chi connectivity index (χ1) is 9.59. The summed E-state index contributed by atoms with van der Waals surface area (Å²) in [6, 6.07) is 7.30. The second-order valence-corrected chi connectivity index (χ2v) is 6.70. The minimum atomic E-state index is -3.77. The highest BCUT2D eigenvalue weighted by Crippen LogP contribution is 2.30. The second-order valence-electron chi connectivity index (χ2n) is 4.79. The number of rotatable bonds is 3. The molecule has 1 fully saturated rings. The molecule has 0 unspecified atom stereocenters. The first-order valence-corrected chi connectivity index (χ1v) is 7.77. The van der Waals surface area contributed by atoms with Crippen LogP contribution in [-0.2, 0) is 10.0 Å². The van der Waals surface area contributed by atoms with Crippen molar-refractivity contribution >= 4 is 10.0 Å². The molecular formula is C13H14FN3O2S. The molecule has 0 radical (unpaired) electrons. The Morgan fingerprint density at radius 3 is 2.80 bits per heavy atom. The van der Waals surface area contributed by atoms with Crippen molar-refractivity contribution in [2.24, 2.45) is 0 Å². The topological polar surface area (TPSA) is 66.1 Å². The maximum atomic E-state index is 13.7. The predicted octanol–water partition coefficient (Wildman–Crippen LogP) is 1.73. The summed E-state index contributed by atoms with van der Waals surface area (Å²) in [5, 5.41) is 6.73. The van der Waals surface area contributed by atoms with Gasteiger partial charge in [-0.25, -0.2) is 12.8 Å². The minimum Gasteiger partial charge on any atom is -0.282 e. The summed E-state index contributed by atoms with van der Waals surface area (Å²) in [4.78, 5) is -0.259. The van der Waals surface area contributed by atoms with E-state index in [0.29, 0.717) is 19.5 Å². The van der Waals surface area contributed by atoms with Gasteiger partial charge in [-0.3, -0.25) is 5.10 Å². The van der Waals surface area contributed by atoms with Gasteiger partial charge in [-0.1, -0.05) is 12.1 Å². The van der Waals surface area contributed by atoms with Crippen LogP contribution < -0.4 is 0 Å². The number of nitrogens with one attached hydrogen (secondary N) is 1. The van der Waals surface area contributed by atoms with Gasteiger partial charge in [0.15, 0.2) is 0 Å². The maximum absolute atomic E-state index is 13.7. The van der Waals surface area contributed by atoms with Crippen molar-refractivity contribution in [3.05, 3.63) is 48.0 Å². The molecule has 0 spiro atoms. The van der Waals surface area contributed by atoms with E-state index in [2.05, 4.69) is 10.2 Å². The highest BCUT2D eigenvalue weighted by molar-refractivity contribution is 7.89. The van der Waals surface area contributed by atoms with Crippen LogP contribution in [0.1, 0.15) is 18.0 Å². The third-order valence-corrected chi connectivity index (χ3v) is 5.47. The summed E-state index contributed by atoms with van der Waals surface area (Å²) >= 11 is 0. The zero-order valence-electron chi connectivity index (χ0n) is 10.7. The Balaban J connectivity index is 1.85. The number of halogens is 1. The highest BCUT2D eigenvalue weighted by Gasteiger charge is 2.34. The maximum Gasteiger partial charge on any atom is 0.246 e. The first kappa shape index (κ1) is 13.3. The van der Waals surface area contributed by atoms with E-state index in [1.54, 1.807) is 6.20 Å². The van der Waals surface area contributed by atoms with Gasteiger partial charge in [-0.15, -0.1) is 0 Å². The van der Waals surface area contributed by atoms with E-state index in [4.69, 9.17) is 0 Å². The molecule has 20 heavy (non-hydrogen) atoms. The summed E-state index contributed by atoms with van der Waals surface area (Å²) in [6.07, 6.45) is 2.35. The number of aromatic amines is 1. The predicted molar refractivity (Wildman–Crippen MR) is 71.1 cm³/mol. The van der Waals surface area contributed by atoms with Crippen molar-refractivity contribution in [1.82, 2.24) is 14.5 Å². The first-order valence-electron chi connectivity index (χ1n) is 6.33. The smallest absolute Gasteiger partial charge is 0.246 e. The van der Waals surface area contributed by atoms with Crippen molar-refractivity contribution in [1.29, 1.82) is 0 Å². The van der Waals surface area contributed by atoms with Crippen LogP contribution >= 0.6 is 0 Å². The van der Waals surface area contributed by atoms with Crippen molar-refractivity contribution < 1.29 is 12.8 Å². The van der Waals surface area contributed by atoms with E-state index < -0.39 is 15.8 Å². The van der Waals surface area contributed by atoms with Gasteiger partial charge in [0, 0.05) is 30.9 Å². The standard InChI is InChI=1S/C13H14FN3O2S/c14-11-3-1-2-4-13(11)20(18,19)17-8-6-10(9-17)12-5-7-15-16-12/h1-5,7,10H,6,8-9H2,(H,15,16)/t10-/m1/s1. The van der Waals surface area contributed by atoms with Gasteiger partial charge < -0.3 is 0 Å². The Labute approximate surface area is 116 Å². The molecule has 1 aromatic heterocycles. The number of hydrogen-bond acceptors (Lipinski definition) is 3. The molecule has 2 heterocycles. The molecule has 5 nitrogen and oxygen atoms in total. The number of aromatic nitrogens is 2. The van der Waals surface area contributed by atoms with Gasteiger partial charge in [0.05, 0.1) is 0 Å².